The van der Waals surface area contributed by atoms with Gasteiger partial charge in [-0.25, -0.2) is 0 Å². The first-order chi connectivity index (χ1) is 20.8. The number of aliphatic hydroxyl groups is 1. The van der Waals surface area contributed by atoms with Crippen LogP contribution in [0.15, 0.2) is 89.3 Å². The topological polar surface area (TPSA) is 102 Å². The Hall–Kier alpha value is -4.41. The van der Waals surface area contributed by atoms with Crippen LogP contribution >= 0.6 is 23.1 Å². The highest BCUT2D eigenvalue weighted by molar-refractivity contribution is 8.00. The van der Waals surface area contributed by atoms with Gasteiger partial charge in [-0.15, -0.1) is 10.2 Å². The van der Waals surface area contributed by atoms with E-state index in [1.165, 1.54) is 33.6 Å². The van der Waals surface area contributed by atoms with Crippen molar-refractivity contribution in [2.45, 2.75) is 42.5 Å². The number of ether oxygens (including phenoxy) is 2. The number of carbonyl (C=O) groups excluding carboxylic acids is 2. The Morgan fingerprint density at radius 2 is 1.98 bits per heavy atom. The molecule has 0 aliphatic carbocycles. The summed E-state index contributed by atoms with van der Waals surface area (Å²) in [7, 11) is 0. The van der Waals surface area contributed by atoms with Crippen LogP contribution in [0.2, 0.25) is 0 Å². The summed E-state index contributed by atoms with van der Waals surface area (Å²) in [6.45, 7) is 8.00. The van der Waals surface area contributed by atoms with Crippen molar-refractivity contribution in [3.8, 4) is 11.5 Å². The zero-order valence-corrected chi connectivity index (χ0v) is 25.3. The lowest BCUT2D eigenvalue weighted by Gasteiger charge is -2.23. The van der Waals surface area contributed by atoms with Gasteiger partial charge in [0.1, 0.15) is 30.0 Å². The number of carbonyl (C=O) groups is 2. The standard InChI is InChI=1S/C33H29N3O5S2/c1-4-14-40-25-7-5-6-22(17-25)28-27(29(37)23-12-13-26-24(16-23)15-20(3)41-26)30(38)31(39)36(28)32-34-35-33(43-32)42-18-21-10-8-19(2)9-11-21/h4-13,16-17,20,28,37H,1,14-15,18H2,2-3H3/b29-27+. The van der Waals surface area contributed by atoms with Gasteiger partial charge < -0.3 is 14.6 Å². The van der Waals surface area contributed by atoms with Crippen molar-refractivity contribution in [2.75, 3.05) is 11.5 Å². The average Bonchev–Trinajstić information content (AvgIpc) is 3.70. The van der Waals surface area contributed by atoms with Crippen LogP contribution in [0.3, 0.4) is 0 Å². The van der Waals surface area contributed by atoms with Crippen LogP contribution in [-0.4, -0.2) is 39.7 Å². The van der Waals surface area contributed by atoms with Gasteiger partial charge in [0.2, 0.25) is 5.13 Å². The maximum atomic E-state index is 13.6. The molecule has 43 heavy (non-hydrogen) atoms. The molecule has 6 rings (SSSR count). The molecular weight excluding hydrogens is 583 g/mol. The summed E-state index contributed by atoms with van der Waals surface area (Å²) in [5, 5.41) is 20.5. The van der Waals surface area contributed by atoms with Crippen molar-refractivity contribution in [3.63, 3.8) is 0 Å². The van der Waals surface area contributed by atoms with Gasteiger partial charge in [-0.1, -0.05) is 77.7 Å². The maximum absolute atomic E-state index is 13.6. The molecule has 0 saturated carbocycles. The number of rotatable bonds is 9. The van der Waals surface area contributed by atoms with E-state index >= 15 is 0 Å². The van der Waals surface area contributed by atoms with E-state index in [9.17, 15) is 14.7 Å². The maximum Gasteiger partial charge on any atom is 0.301 e. The molecule has 3 heterocycles. The van der Waals surface area contributed by atoms with E-state index < -0.39 is 17.7 Å². The first-order valence-corrected chi connectivity index (χ1v) is 15.6. The molecule has 4 aromatic rings. The van der Waals surface area contributed by atoms with Crippen molar-refractivity contribution in [3.05, 3.63) is 113 Å². The SMILES string of the molecule is C=CCOc1cccc(C2/C(=C(\O)c3ccc4c(c3)CC(C)O4)C(=O)C(=O)N2c2nnc(SCc3ccc(C)cc3)s2)c1. The molecule has 10 heteroatoms. The number of nitrogens with zero attached hydrogens (tertiary/aromatic N) is 3. The zero-order valence-electron chi connectivity index (χ0n) is 23.6. The minimum Gasteiger partial charge on any atom is -0.507 e. The summed E-state index contributed by atoms with van der Waals surface area (Å²) >= 11 is 2.73. The number of aryl methyl sites for hydroxylation is 1. The molecule has 0 spiro atoms. The lowest BCUT2D eigenvalue weighted by atomic mass is 9.94. The highest BCUT2D eigenvalue weighted by Crippen LogP contribution is 2.45. The van der Waals surface area contributed by atoms with Crippen molar-refractivity contribution in [1.29, 1.82) is 0 Å². The molecule has 2 aliphatic heterocycles. The Morgan fingerprint density at radius 1 is 1.16 bits per heavy atom. The van der Waals surface area contributed by atoms with E-state index in [4.69, 9.17) is 9.47 Å². The largest absolute Gasteiger partial charge is 0.507 e. The van der Waals surface area contributed by atoms with Crippen LogP contribution < -0.4 is 14.4 Å². The lowest BCUT2D eigenvalue weighted by molar-refractivity contribution is -0.132. The normalized spacial score (nSPS) is 18.9. The summed E-state index contributed by atoms with van der Waals surface area (Å²) < 4.78 is 12.2. The van der Waals surface area contributed by atoms with Crippen molar-refractivity contribution in [1.82, 2.24) is 10.2 Å². The molecule has 2 unspecified atom stereocenters. The number of amides is 1. The zero-order chi connectivity index (χ0) is 30.1. The number of anilines is 1. The van der Waals surface area contributed by atoms with Crippen LogP contribution in [0.4, 0.5) is 5.13 Å². The predicted octanol–water partition coefficient (Wildman–Crippen LogP) is 6.65. The van der Waals surface area contributed by atoms with Crippen molar-refractivity contribution in [2.24, 2.45) is 0 Å². The van der Waals surface area contributed by atoms with E-state index in [1.54, 1.807) is 42.5 Å². The second-order valence-corrected chi connectivity index (χ2v) is 12.6. The molecule has 1 fully saturated rings. The van der Waals surface area contributed by atoms with Crippen LogP contribution in [0, 0.1) is 6.92 Å². The second kappa shape index (κ2) is 12.1. The average molecular weight is 612 g/mol. The number of Topliss-reactive ketones (excluding diaryl/α,β-unsaturated/α-hetero) is 1. The number of fused-ring (bicyclic) bond motifs is 1. The molecule has 2 atom stereocenters. The molecule has 0 bridgehead atoms. The fourth-order valence-corrected chi connectivity index (χ4v) is 7.01. The first-order valence-electron chi connectivity index (χ1n) is 13.8. The third kappa shape index (κ3) is 5.80. The quantitative estimate of drug-likeness (QED) is 0.0561. The Kier molecular flexibility index (Phi) is 8.05. The van der Waals surface area contributed by atoms with Gasteiger partial charge in [-0.05, 0) is 60.9 Å². The van der Waals surface area contributed by atoms with Crippen molar-refractivity contribution < 1.29 is 24.2 Å². The van der Waals surface area contributed by atoms with Crippen LogP contribution in [0.1, 0.15) is 40.8 Å². The van der Waals surface area contributed by atoms with Crippen LogP contribution in [0.5, 0.6) is 11.5 Å². The minimum absolute atomic E-state index is 0.0201. The predicted molar refractivity (Wildman–Crippen MR) is 168 cm³/mol. The number of hydrogen-bond acceptors (Lipinski definition) is 9. The molecule has 8 nitrogen and oxygen atoms in total. The highest BCUT2D eigenvalue weighted by atomic mass is 32.2. The Balaban J connectivity index is 1.39. The minimum atomic E-state index is -0.946. The smallest absolute Gasteiger partial charge is 0.301 e. The number of aromatic nitrogens is 2. The monoisotopic (exact) mass is 611 g/mol. The molecule has 3 aromatic carbocycles. The third-order valence-electron chi connectivity index (χ3n) is 7.24. The van der Waals surface area contributed by atoms with Crippen LogP contribution in [0.25, 0.3) is 5.76 Å². The molecule has 1 aromatic heterocycles. The second-order valence-electron chi connectivity index (χ2n) is 10.4. The van der Waals surface area contributed by atoms with E-state index in [-0.39, 0.29) is 29.2 Å². The first kappa shape index (κ1) is 28.7. The molecule has 0 radical (unpaired) electrons. The van der Waals surface area contributed by atoms with Crippen molar-refractivity contribution >= 4 is 45.7 Å². The van der Waals surface area contributed by atoms with Gasteiger partial charge in [0.25, 0.3) is 5.78 Å². The molecule has 1 N–H and O–H groups in total. The number of ketones is 1. The van der Waals surface area contributed by atoms with E-state index in [2.05, 4.69) is 41.0 Å². The summed E-state index contributed by atoms with van der Waals surface area (Å²) in [5.74, 6) is 0.128. The number of benzene rings is 3. The molecule has 2 aliphatic rings. The third-order valence-corrected chi connectivity index (χ3v) is 9.37. The van der Waals surface area contributed by atoms with E-state index in [1.807, 2.05) is 19.9 Å². The van der Waals surface area contributed by atoms with Gasteiger partial charge in [0.05, 0.1) is 11.6 Å². The Labute approximate surface area is 257 Å². The lowest BCUT2D eigenvalue weighted by Crippen LogP contribution is -2.29. The number of hydrogen-bond donors (Lipinski definition) is 1. The summed E-state index contributed by atoms with van der Waals surface area (Å²) in [5.41, 5.74) is 4.25. The summed E-state index contributed by atoms with van der Waals surface area (Å²) in [4.78, 5) is 28.6. The molecular formula is C33H29N3O5S2. The number of aliphatic hydroxyl groups excluding tert-OH is 1. The fraction of sp³-hybridized carbons (Fsp3) is 0.212. The van der Waals surface area contributed by atoms with Gasteiger partial charge in [-0.3, -0.25) is 14.5 Å². The Bertz CT molecular complexity index is 1750. The number of thioether (sulfide) groups is 1. The molecule has 1 saturated heterocycles. The summed E-state index contributed by atoms with van der Waals surface area (Å²) in [6, 6.07) is 19.7. The molecule has 1 amide bonds. The molecule has 218 valence electrons. The van der Waals surface area contributed by atoms with Gasteiger partial charge in [-0.2, -0.15) is 0 Å². The van der Waals surface area contributed by atoms with Gasteiger partial charge in [0.15, 0.2) is 4.34 Å². The fourth-order valence-electron chi connectivity index (χ4n) is 5.19. The van der Waals surface area contributed by atoms with Gasteiger partial charge >= 0.3 is 5.91 Å². The van der Waals surface area contributed by atoms with Crippen LogP contribution in [-0.2, 0) is 21.8 Å². The van der Waals surface area contributed by atoms with E-state index in [0.717, 1.165) is 16.9 Å². The Morgan fingerprint density at radius 3 is 2.77 bits per heavy atom. The van der Waals surface area contributed by atoms with E-state index in [0.29, 0.717) is 33.4 Å². The highest BCUT2D eigenvalue weighted by Gasteiger charge is 2.48. The van der Waals surface area contributed by atoms with Gasteiger partial charge in [0, 0.05) is 17.7 Å². The summed E-state index contributed by atoms with van der Waals surface area (Å²) in [6.07, 6.45) is 2.34.